The quantitative estimate of drug-likeness (QED) is 0.296. The van der Waals surface area contributed by atoms with E-state index >= 15 is 0 Å². The van der Waals surface area contributed by atoms with Crippen LogP contribution in [0.3, 0.4) is 0 Å². The average molecular weight is 412 g/mol. The largest absolute Gasteiger partial charge is 0.443 e. The van der Waals surface area contributed by atoms with Crippen molar-refractivity contribution in [3.63, 3.8) is 0 Å². The number of nitrogens with zero attached hydrogens (tertiary/aromatic N) is 1. The lowest BCUT2D eigenvalue weighted by Gasteiger charge is -2.15. The number of ether oxygens (including phenoxy) is 4. The Balaban J connectivity index is 3.68. The maximum Gasteiger partial charge on any atom is 0.408 e. The van der Waals surface area contributed by atoms with E-state index in [9.17, 15) is 4.79 Å². The molecule has 29 heavy (non-hydrogen) atoms. The van der Waals surface area contributed by atoms with Gasteiger partial charge in [-0.05, 0) is 13.3 Å². The number of nitrogens with one attached hydrogen (secondary N) is 2. The van der Waals surface area contributed by atoms with E-state index in [2.05, 4.69) is 36.3 Å². The zero-order valence-electron chi connectivity index (χ0n) is 18.3. The second-order valence-corrected chi connectivity index (χ2v) is 6.78. The topological polar surface area (TPSA) is 102 Å². The molecule has 0 aliphatic rings. The Morgan fingerprint density at radius 1 is 1.03 bits per heavy atom. The number of amides is 1. The molecule has 1 amide bonds. The smallest absolute Gasteiger partial charge is 0.408 e. The van der Waals surface area contributed by atoms with Gasteiger partial charge in [0, 0.05) is 18.5 Å². The highest BCUT2D eigenvalue weighted by Gasteiger charge is 2.14. The first-order chi connectivity index (χ1) is 14.0. The molecule has 0 saturated heterocycles. The molecule has 0 radical (unpaired) electrons. The molecule has 0 aromatic rings. The van der Waals surface area contributed by atoms with Crippen molar-refractivity contribution in [2.24, 2.45) is 5.92 Å². The van der Waals surface area contributed by atoms with Crippen LogP contribution in [0.25, 0.3) is 0 Å². The number of alkyl carbamates (subject to hydrolysis) is 1. The monoisotopic (exact) mass is 411 g/mol. The summed E-state index contributed by atoms with van der Waals surface area (Å²) in [6.45, 7) is 11.8. The summed E-state index contributed by atoms with van der Waals surface area (Å²) in [5.41, 5.74) is 0. The van der Waals surface area contributed by atoms with Crippen LogP contribution in [0.15, 0.2) is 0 Å². The number of hydrogen-bond donors (Lipinski definition) is 2. The molecule has 2 atom stereocenters. The lowest BCUT2D eigenvalue weighted by atomic mass is 10.2. The fourth-order valence-electron chi connectivity index (χ4n) is 1.98. The molecular formula is C21H37N3O5. The van der Waals surface area contributed by atoms with Crippen LogP contribution in [-0.2, 0) is 18.9 Å². The van der Waals surface area contributed by atoms with Gasteiger partial charge in [-0.2, -0.15) is 5.26 Å². The van der Waals surface area contributed by atoms with Crippen LogP contribution in [0, 0.1) is 29.1 Å². The summed E-state index contributed by atoms with van der Waals surface area (Å²) in [4.78, 5) is 11.7. The molecule has 0 heterocycles. The molecule has 0 saturated carbocycles. The van der Waals surface area contributed by atoms with Gasteiger partial charge in [0.1, 0.15) is 6.10 Å². The first kappa shape index (κ1) is 27.2. The van der Waals surface area contributed by atoms with E-state index in [0.717, 1.165) is 13.0 Å². The Morgan fingerprint density at radius 3 is 2.31 bits per heavy atom. The van der Waals surface area contributed by atoms with E-state index in [-0.39, 0.29) is 25.5 Å². The molecule has 0 aliphatic carbocycles. The van der Waals surface area contributed by atoms with Gasteiger partial charge in [0.15, 0.2) is 0 Å². The molecule has 0 fully saturated rings. The van der Waals surface area contributed by atoms with Crippen molar-refractivity contribution < 1.29 is 23.7 Å². The maximum absolute atomic E-state index is 11.7. The molecule has 0 aromatic carbocycles. The van der Waals surface area contributed by atoms with E-state index in [1.54, 1.807) is 0 Å². The molecule has 8 nitrogen and oxygen atoms in total. The number of nitriles is 1. The van der Waals surface area contributed by atoms with Gasteiger partial charge in [0.2, 0.25) is 0 Å². The van der Waals surface area contributed by atoms with Gasteiger partial charge in [-0.25, -0.2) is 4.79 Å². The van der Waals surface area contributed by atoms with Crippen LogP contribution in [0.2, 0.25) is 0 Å². The summed E-state index contributed by atoms with van der Waals surface area (Å²) in [6.07, 6.45) is -0.0755. The second-order valence-electron chi connectivity index (χ2n) is 6.78. The van der Waals surface area contributed by atoms with Crippen molar-refractivity contribution in [1.29, 1.82) is 5.26 Å². The lowest BCUT2D eigenvalue weighted by Crippen LogP contribution is -2.31. The van der Waals surface area contributed by atoms with E-state index < -0.39 is 12.2 Å². The minimum atomic E-state index is -0.626. The van der Waals surface area contributed by atoms with Crippen LogP contribution in [-0.4, -0.2) is 71.0 Å². The van der Waals surface area contributed by atoms with Gasteiger partial charge in [-0.1, -0.05) is 32.6 Å². The highest BCUT2D eigenvalue weighted by molar-refractivity contribution is 5.67. The van der Waals surface area contributed by atoms with Crippen LogP contribution in [0.4, 0.5) is 4.79 Å². The molecule has 2 unspecified atom stereocenters. The molecule has 166 valence electrons. The number of hydrogen-bond acceptors (Lipinski definition) is 7. The first-order valence-corrected chi connectivity index (χ1v) is 10.3. The zero-order chi connectivity index (χ0) is 21.7. The SMILES string of the molecule is CCC(C)NCCOCCOCCOCC(CC#N)OC(=O)NCC#CC(C)C. The third kappa shape index (κ3) is 19.3. The highest BCUT2D eigenvalue weighted by atomic mass is 16.6. The summed E-state index contributed by atoms with van der Waals surface area (Å²) >= 11 is 0. The predicted octanol–water partition coefficient (Wildman–Crippen LogP) is 2.09. The molecule has 0 spiro atoms. The Hall–Kier alpha value is -1.84. The first-order valence-electron chi connectivity index (χ1n) is 10.3. The van der Waals surface area contributed by atoms with Crippen molar-refractivity contribution in [2.45, 2.75) is 52.7 Å². The van der Waals surface area contributed by atoms with Crippen LogP contribution in [0.5, 0.6) is 0 Å². The van der Waals surface area contributed by atoms with Gasteiger partial charge < -0.3 is 29.6 Å². The third-order valence-corrected chi connectivity index (χ3v) is 3.70. The van der Waals surface area contributed by atoms with Crippen molar-refractivity contribution in [1.82, 2.24) is 10.6 Å². The Kier molecular flexibility index (Phi) is 18.2. The Bertz CT molecular complexity index is 511. The Labute approximate surface area is 175 Å². The Morgan fingerprint density at radius 2 is 1.69 bits per heavy atom. The minimum absolute atomic E-state index is 0.0600. The highest BCUT2D eigenvalue weighted by Crippen LogP contribution is 2.00. The average Bonchev–Trinajstić information content (AvgIpc) is 2.69. The number of carbonyl (C=O) groups is 1. The van der Waals surface area contributed by atoms with Crippen LogP contribution < -0.4 is 10.6 Å². The van der Waals surface area contributed by atoms with Gasteiger partial charge in [0.25, 0.3) is 0 Å². The molecule has 0 bridgehead atoms. The molecule has 0 rings (SSSR count). The summed E-state index contributed by atoms with van der Waals surface area (Å²) < 4.78 is 21.5. The number of carbonyl (C=O) groups excluding carboxylic acids is 1. The third-order valence-electron chi connectivity index (χ3n) is 3.70. The summed E-state index contributed by atoms with van der Waals surface area (Å²) in [5, 5.41) is 14.7. The maximum atomic E-state index is 11.7. The van der Waals surface area contributed by atoms with Gasteiger partial charge in [0.05, 0.1) is 58.7 Å². The van der Waals surface area contributed by atoms with E-state index in [1.807, 2.05) is 19.9 Å². The van der Waals surface area contributed by atoms with Crippen molar-refractivity contribution in [3.8, 4) is 17.9 Å². The molecule has 8 heteroatoms. The normalized spacial score (nSPS) is 12.6. The van der Waals surface area contributed by atoms with Gasteiger partial charge >= 0.3 is 6.09 Å². The fourth-order valence-corrected chi connectivity index (χ4v) is 1.98. The standard InChI is InChI=1S/C21H37N3O5/c1-5-19(4)23-11-12-26-13-14-27-15-16-28-17-20(8-9-22)29-21(25)24-10-6-7-18(2)3/h18-20,23H,5,8,10-17H2,1-4H3,(H,24,25). The fraction of sp³-hybridized carbons (Fsp3) is 0.810. The lowest BCUT2D eigenvalue weighted by molar-refractivity contribution is -0.0132. The summed E-state index contributed by atoms with van der Waals surface area (Å²) in [7, 11) is 0. The van der Waals surface area contributed by atoms with Crippen molar-refractivity contribution in [2.75, 3.05) is 52.7 Å². The molecular weight excluding hydrogens is 374 g/mol. The second kappa shape index (κ2) is 19.5. The minimum Gasteiger partial charge on any atom is -0.443 e. The predicted molar refractivity (Wildman–Crippen MR) is 111 cm³/mol. The van der Waals surface area contributed by atoms with E-state index in [4.69, 9.17) is 24.2 Å². The van der Waals surface area contributed by atoms with E-state index in [1.165, 1.54) is 0 Å². The molecule has 2 N–H and O–H groups in total. The zero-order valence-corrected chi connectivity index (χ0v) is 18.3. The van der Waals surface area contributed by atoms with Crippen molar-refractivity contribution in [3.05, 3.63) is 0 Å². The number of rotatable bonds is 16. The van der Waals surface area contributed by atoms with Crippen LogP contribution >= 0.6 is 0 Å². The van der Waals surface area contributed by atoms with E-state index in [0.29, 0.717) is 39.1 Å². The van der Waals surface area contributed by atoms with Gasteiger partial charge in [-0.15, -0.1) is 0 Å². The molecule has 0 aromatic heterocycles. The van der Waals surface area contributed by atoms with Gasteiger partial charge in [-0.3, -0.25) is 0 Å². The van der Waals surface area contributed by atoms with Crippen molar-refractivity contribution >= 4 is 6.09 Å². The summed E-state index contributed by atoms with van der Waals surface area (Å²) in [6, 6.07) is 2.49. The molecule has 0 aliphatic heterocycles. The summed E-state index contributed by atoms with van der Waals surface area (Å²) in [5.74, 6) is 6.01. The van der Waals surface area contributed by atoms with Crippen LogP contribution in [0.1, 0.15) is 40.5 Å².